The van der Waals surface area contributed by atoms with Gasteiger partial charge in [0.05, 0.1) is 0 Å². The second-order valence-corrected chi connectivity index (χ2v) is 15.5. The SMILES string of the molecule is CCCCC1=Cc2c(-c3ccc4ccccc4c3)cccc2C1C[Si]CC1C(CCCC)=Cc2c(-c3ccc4ccccc4c3)cccc21. The summed E-state index contributed by atoms with van der Waals surface area (Å²) in [5.74, 6) is 1.07. The maximum absolute atomic E-state index is 2.58. The first-order valence-corrected chi connectivity index (χ1v) is 20.0. The smallest absolute Gasteiger partial charge is 0.0397 e. The van der Waals surface area contributed by atoms with E-state index in [1.165, 1.54) is 106 Å². The van der Waals surface area contributed by atoms with Crippen LogP contribution < -0.4 is 0 Å². The predicted molar refractivity (Wildman–Crippen MR) is 215 cm³/mol. The lowest BCUT2D eigenvalue weighted by atomic mass is 9.91. The van der Waals surface area contributed by atoms with Gasteiger partial charge in [-0.2, -0.15) is 0 Å². The average molecular weight is 651 g/mol. The summed E-state index contributed by atoms with van der Waals surface area (Å²) in [5, 5.41) is 5.25. The monoisotopic (exact) mass is 650 g/mol. The second-order valence-electron chi connectivity index (χ2n) is 14.1. The third kappa shape index (κ3) is 6.26. The molecule has 49 heavy (non-hydrogen) atoms. The molecule has 0 amide bonds. The summed E-state index contributed by atoms with van der Waals surface area (Å²) in [7, 11) is 0.925. The Labute approximate surface area is 295 Å². The van der Waals surface area contributed by atoms with Gasteiger partial charge in [0.2, 0.25) is 0 Å². The largest absolute Gasteiger partial charge is 0.0654 e. The first-order valence-electron chi connectivity index (χ1n) is 18.6. The zero-order chi connectivity index (χ0) is 33.2. The molecule has 0 saturated heterocycles. The van der Waals surface area contributed by atoms with Crippen molar-refractivity contribution in [2.75, 3.05) is 0 Å². The van der Waals surface area contributed by atoms with Crippen LogP contribution in [0.2, 0.25) is 12.1 Å². The van der Waals surface area contributed by atoms with Crippen molar-refractivity contribution < 1.29 is 0 Å². The highest BCUT2D eigenvalue weighted by atomic mass is 28.2. The molecule has 0 heterocycles. The predicted octanol–water partition coefficient (Wildman–Crippen LogP) is 13.9. The van der Waals surface area contributed by atoms with Gasteiger partial charge in [0.25, 0.3) is 0 Å². The van der Waals surface area contributed by atoms with Crippen molar-refractivity contribution in [3.05, 3.63) is 155 Å². The first-order chi connectivity index (χ1) is 24.2. The minimum atomic E-state index is 0.535. The minimum Gasteiger partial charge on any atom is -0.0654 e. The first kappa shape index (κ1) is 31.8. The Hall–Kier alpha value is -4.46. The maximum atomic E-state index is 2.58. The molecule has 0 spiro atoms. The fourth-order valence-electron chi connectivity index (χ4n) is 8.39. The molecule has 0 N–H and O–H groups in total. The zero-order valence-electron chi connectivity index (χ0n) is 29.0. The van der Waals surface area contributed by atoms with Crippen molar-refractivity contribution in [3.63, 3.8) is 0 Å². The van der Waals surface area contributed by atoms with E-state index in [1.54, 1.807) is 22.3 Å². The fourth-order valence-corrected chi connectivity index (χ4v) is 10.1. The quantitative estimate of drug-likeness (QED) is 0.116. The van der Waals surface area contributed by atoms with E-state index in [9.17, 15) is 0 Å². The van der Waals surface area contributed by atoms with Gasteiger partial charge >= 0.3 is 0 Å². The number of allylic oxidation sites excluding steroid dienone is 2. The van der Waals surface area contributed by atoms with Gasteiger partial charge in [0.1, 0.15) is 0 Å². The highest BCUT2D eigenvalue weighted by Gasteiger charge is 2.30. The summed E-state index contributed by atoms with van der Waals surface area (Å²) in [6.07, 6.45) is 12.6. The summed E-state index contributed by atoms with van der Waals surface area (Å²) in [6.45, 7) is 4.65. The number of unbranched alkanes of at least 4 members (excludes halogenated alkanes) is 2. The third-order valence-electron chi connectivity index (χ3n) is 11.0. The van der Waals surface area contributed by atoms with Crippen molar-refractivity contribution in [1.29, 1.82) is 0 Å². The molecule has 1 heteroatoms. The molecule has 2 unspecified atom stereocenters. The molecule has 0 nitrogen and oxygen atoms in total. The molecule has 0 aliphatic heterocycles. The van der Waals surface area contributed by atoms with E-state index in [4.69, 9.17) is 0 Å². The lowest BCUT2D eigenvalue weighted by Crippen LogP contribution is -2.08. The Morgan fingerprint density at radius 3 is 1.37 bits per heavy atom. The molecule has 6 aromatic rings. The van der Waals surface area contributed by atoms with Gasteiger partial charge in [0.15, 0.2) is 0 Å². The lowest BCUT2D eigenvalue weighted by molar-refractivity contribution is 0.730. The number of hydrogen-bond donors (Lipinski definition) is 0. The van der Waals surface area contributed by atoms with Crippen LogP contribution in [0.4, 0.5) is 0 Å². The highest BCUT2D eigenvalue weighted by Crippen LogP contribution is 2.48. The van der Waals surface area contributed by atoms with Crippen LogP contribution in [0, 0.1) is 0 Å². The standard InChI is InChI=1S/C48H46Si/c1-3-5-13-37-29-45-41(39-25-23-33-15-7-9-17-35(33)27-39)19-11-21-43(45)47(37)31-49-32-48-38(14-6-4-2)30-46-42(20-12-22-44(46)48)40-26-24-34-16-8-10-18-36(34)28-40/h7-12,15-30,47-48H,3-6,13-14,31-32H2,1-2H3. The van der Waals surface area contributed by atoms with Crippen LogP contribution >= 0.6 is 0 Å². The molecular weight excluding hydrogens is 605 g/mol. The number of hydrogen-bond acceptors (Lipinski definition) is 0. The van der Waals surface area contributed by atoms with E-state index >= 15 is 0 Å². The molecular formula is C48H46Si. The minimum absolute atomic E-state index is 0.535. The third-order valence-corrected chi connectivity index (χ3v) is 12.4. The van der Waals surface area contributed by atoms with Crippen LogP contribution in [-0.4, -0.2) is 9.52 Å². The van der Waals surface area contributed by atoms with Crippen molar-refractivity contribution in [1.82, 2.24) is 0 Å². The molecule has 2 aliphatic carbocycles. The summed E-state index contributed by atoms with van der Waals surface area (Å²) >= 11 is 0. The Kier molecular flexibility index (Phi) is 9.20. The van der Waals surface area contributed by atoms with Crippen LogP contribution in [0.3, 0.4) is 0 Å². The van der Waals surface area contributed by atoms with Gasteiger partial charge in [-0.25, -0.2) is 0 Å². The second kappa shape index (κ2) is 14.2. The van der Waals surface area contributed by atoms with E-state index in [1.807, 2.05) is 0 Å². The summed E-state index contributed by atoms with van der Waals surface area (Å²) in [6, 6.07) is 48.1. The van der Waals surface area contributed by atoms with Crippen molar-refractivity contribution in [3.8, 4) is 22.3 Å². The van der Waals surface area contributed by atoms with Crippen LogP contribution in [0.1, 0.15) is 86.5 Å². The van der Waals surface area contributed by atoms with Crippen LogP contribution in [0.25, 0.3) is 56.0 Å². The maximum Gasteiger partial charge on any atom is 0.0397 e. The Balaban J connectivity index is 1.07. The van der Waals surface area contributed by atoms with Gasteiger partial charge in [-0.15, -0.1) is 0 Å². The summed E-state index contributed by atoms with van der Waals surface area (Å²) in [4.78, 5) is 0. The molecule has 0 fully saturated rings. The Morgan fingerprint density at radius 2 is 0.918 bits per heavy atom. The molecule has 6 aromatic carbocycles. The van der Waals surface area contributed by atoms with E-state index in [0.717, 1.165) is 9.52 Å². The zero-order valence-corrected chi connectivity index (χ0v) is 30.0. The fraction of sp³-hybridized carbons (Fsp3) is 0.250. The summed E-state index contributed by atoms with van der Waals surface area (Å²) < 4.78 is 0. The van der Waals surface area contributed by atoms with Gasteiger partial charge in [-0.3, -0.25) is 0 Å². The summed E-state index contributed by atoms with van der Waals surface area (Å²) in [5.41, 5.74) is 14.8. The molecule has 0 aromatic heterocycles. The molecule has 2 aliphatic rings. The van der Waals surface area contributed by atoms with Crippen molar-refractivity contribution in [2.45, 2.75) is 76.3 Å². The van der Waals surface area contributed by atoms with Crippen LogP contribution in [0.15, 0.2) is 132 Å². The molecule has 242 valence electrons. The molecule has 2 radical (unpaired) electrons. The average Bonchev–Trinajstić information content (AvgIpc) is 3.70. The normalized spacial score (nSPS) is 16.5. The number of benzene rings is 6. The molecule has 0 bridgehead atoms. The van der Waals surface area contributed by atoms with Crippen LogP contribution in [0.5, 0.6) is 0 Å². The molecule has 8 rings (SSSR count). The highest BCUT2D eigenvalue weighted by molar-refractivity contribution is 6.36. The Morgan fingerprint density at radius 1 is 0.469 bits per heavy atom. The topological polar surface area (TPSA) is 0 Å². The van der Waals surface area contributed by atoms with Gasteiger partial charge in [0, 0.05) is 21.4 Å². The van der Waals surface area contributed by atoms with E-state index < -0.39 is 0 Å². The molecule has 0 saturated carbocycles. The molecule has 2 atom stereocenters. The van der Waals surface area contributed by atoms with E-state index in [2.05, 4.69) is 147 Å². The number of fused-ring (bicyclic) bond motifs is 4. The van der Waals surface area contributed by atoms with Crippen molar-refractivity contribution >= 4 is 43.2 Å². The van der Waals surface area contributed by atoms with E-state index in [0.29, 0.717) is 11.8 Å². The Bertz CT molecular complexity index is 2040. The van der Waals surface area contributed by atoms with Gasteiger partial charge in [-0.05, 0) is 104 Å². The van der Waals surface area contributed by atoms with E-state index in [-0.39, 0.29) is 0 Å². The van der Waals surface area contributed by atoms with Gasteiger partial charge < -0.3 is 0 Å². The lowest BCUT2D eigenvalue weighted by Gasteiger charge is -2.21. The van der Waals surface area contributed by atoms with Gasteiger partial charge in [-0.1, -0.05) is 171 Å². The van der Waals surface area contributed by atoms with Crippen LogP contribution in [-0.2, 0) is 0 Å². The van der Waals surface area contributed by atoms with Crippen molar-refractivity contribution in [2.24, 2.45) is 0 Å². The number of rotatable bonds is 12.